The monoisotopic (exact) mass is 257 g/mol. The number of nitrogens with one attached hydrogen (secondary N) is 1. The molecule has 0 atom stereocenters. The summed E-state index contributed by atoms with van der Waals surface area (Å²) in [5.74, 6) is -0.169. The first-order valence-corrected chi connectivity index (χ1v) is 5.09. The first kappa shape index (κ1) is 11.2. The minimum atomic E-state index is -0.169. The summed E-state index contributed by atoms with van der Waals surface area (Å²) in [6, 6.07) is 5.62. The minimum absolute atomic E-state index is 0.124. The highest BCUT2D eigenvalue weighted by Crippen LogP contribution is 2.19. The van der Waals surface area contributed by atoms with Crippen molar-refractivity contribution in [2.75, 3.05) is 11.9 Å². The van der Waals surface area contributed by atoms with Crippen LogP contribution in [0.25, 0.3) is 0 Å². The molecule has 1 aromatic rings. The Morgan fingerprint density at radius 2 is 2.29 bits per heavy atom. The van der Waals surface area contributed by atoms with Crippen molar-refractivity contribution in [1.29, 1.82) is 0 Å². The minimum Gasteiger partial charge on any atom is -0.396 e. The van der Waals surface area contributed by atoms with Crippen LogP contribution in [-0.4, -0.2) is 17.6 Å². The van der Waals surface area contributed by atoms with E-state index in [1.807, 2.05) is 25.1 Å². The summed E-state index contributed by atoms with van der Waals surface area (Å²) in [5, 5.41) is 11.3. The summed E-state index contributed by atoms with van der Waals surface area (Å²) >= 11 is 3.34. The van der Waals surface area contributed by atoms with Crippen molar-refractivity contribution in [2.45, 2.75) is 13.3 Å². The normalized spacial score (nSPS) is 9.93. The van der Waals surface area contributed by atoms with E-state index >= 15 is 0 Å². The lowest BCUT2D eigenvalue weighted by Gasteiger charge is -2.07. The van der Waals surface area contributed by atoms with Gasteiger partial charge < -0.3 is 10.4 Å². The highest BCUT2D eigenvalue weighted by molar-refractivity contribution is 9.10. The van der Waals surface area contributed by atoms with Crippen molar-refractivity contribution < 1.29 is 9.90 Å². The smallest absolute Gasteiger partial charge is 0.226 e. The van der Waals surface area contributed by atoms with E-state index in [1.54, 1.807) is 0 Å². The van der Waals surface area contributed by atoms with E-state index in [1.165, 1.54) is 0 Å². The number of hydrogen-bond acceptors (Lipinski definition) is 2. The molecule has 0 heterocycles. The molecule has 0 spiro atoms. The van der Waals surface area contributed by atoms with Crippen LogP contribution in [0, 0.1) is 6.92 Å². The van der Waals surface area contributed by atoms with Crippen LogP contribution in [0.5, 0.6) is 0 Å². The molecule has 0 aliphatic carbocycles. The standard InChI is InChI=1S/C10H12BrNO2/c1-7-6-8(11)2-3-9(7)12-10(14)4-5-13/h2-3,6,13H,4-5H2,1H3,(H,12,14). The maximum Gasteiger partial charge on any atom is 0.226 e. The lowest BCUT2D eigenvalue weighted by molar-refractivity contribution is -0.116. The van der Waals surface area contributed by atoms with Crippen LogP contribution in [0.15, 0.2) is 22.7 Å². The zero-order valence-corrected chi connectivity index (χ0v) is 9.47. The molecule has 0 aromatic heterocycles. The van der Waals surface area contributed by atoms with Gasteiger partial charge in [0.05, 0.1) is 13.0 Å². The number of carbonyl (C=O) groups is 1. The number of amides is 1. The molecule has 1 amide bonds. The molecule has 0 aliphatic rings. The van der Waals surface area contributed by atoms with Gasteiger partial charge in [0.2, 0.25) is 5.91 Å². The Bertz CT molecular complexity index is 339. The Hall–Kier alpha value is -0.870. The van der Waals surface area contributed by atoms with Crippen molar-refractivity contribution >= 4 is 27.5 Å². The Morgan fingerprint density at radius 3 is 2.86 bits per heavy atom. The van der Waals surface area contributed by atoms with Gasteiger partial charge in [-0.25, -0.2) is 0 Å². The molecule has 0 unspecified atom stereocenters. The third-order valence-electron chi connectivity index (χ3n) is 1.80. The lowest BCUT2D eigenvalue weighted by atomic mass is 10.2. The van der Waals surface area contributed by atoms with E-state index in [-0.39, 0.29) is 18.9 Å². The number of carbonyl (C=O) groups excluding carboxylic acids is 1. The fourth-order valence-corrected chi connectivity index (χ4v) is 1.56. The first-order chi connectivity index (χ1) is 6.63. The van der Waals surface area contributed by atoms with Gasteiger partial charge in [-0.05, 0) is 30.7 Å². The third-order valence-corrected chi connectivity index (χ3v) is 2.29. The maximum atomic E-state index is 11.2. The van der Waals surface area contributed by atoms with Gasteiger partial charge >= 0.3 is 0 Å². The van der Waals surface area contributed by atoms with Crippen LogP contribution in [0.1, 0.15) is 12.0 Å². The van der Waals surface area contributed by atoms with Gasteiger partial charge in [0.1, 0.15) is 0 Å². The summed E-state index contributed by atoms with van der Waals surface area (Å²) in [4.78, 5) is 11.2. The van der Waals surface area contributed by atoms with Crippen molar-refractivity contribution in [3.8, 4) is 0 Å². The average Bonchev–Trinajstić information content (AvgIpc) is 2.10. The number of benzene rings is 1. The molecule has 3 nitrogen and oxygen atoms in total. The quantitative estimate of drug-likeness (QED) is 0.872. The number of rotatable bonds is 3. The van der Waals surface area contributed by atoms with Crippen LogP contribution in [0.2, 0.25) is 0 Å². The van der Waals surface area contributed by atoms with E-state index in [0.717, 1.165) is 15.7 Å². The van der Waals surface area contributed by atoms with Crippen molar-refractivity contribution in [3.05, 3.63) is 28.2 Å². The molecule has 0 saturated carbocycles. The number of halogens is 1. The number of hydrogen-bond donors (Lipinski definition) is 2. The van der Waals surface area contributed by atoms with Crippen LogP contribution in [-0.2, 0) is 4.79 Å². The van der Waals surface area contributed by atoms with Crippen LogP contribution in [0.3, 0.4) is 0 Å². The van der Waals surface area contributed by atoms with E-state index in [0.29, 0.717) is 0 Å². The Kier molecular flexibility index (Phi) is 4.10. The average molecular weight is 258 g/mol. The Balaban J connectivity index is 2.72. The summed E-state index contributed by atoms with van der Waals surface area (Å²) in [5.41, 5.74) is 1.78. The molecule has 2 N–H and O–H groups in total. The summed E-state index contributed by atoms with van der Waals surface area (Å²) in [7, 11) is 0. The predicted octanol–water partition coefficient (Wildman–Crippen LogP) is 2.08. The zero-order valence-electron chi connectivity index (χ0n) is 7.88. The molecule has 0 fully saturated rings. The van der Waals surface area contributed by atoms with Gasteiger partial charge in [-0.1, -0.05) is 15.9 Å². The highest BCUT2D eigenvalue weighted by atomic mass is 79.9. The first-order valence-electron chi connectivity index (χ1n) is 4.30. The van der Waals surface area contributed by atoms with Crippen molar-refractivity contribution in [3.63, 3.8) is 0 Å². The van der Waals surface area contributed by atoms with E-state index in [4.69, 9.17) is 5.11 Å². The molecule has 76 valence electrons. The van der Waals surface area contributed by atoms with Crippen LogP contribution < -0.4 is 5.32 Å². The highest BCUT2D eigenvalue weighted by Gasteiger charge is 2.03. The second-order valence-electron chi connectivity index (χ2n) is 2.98. The van der Waals surface area contributed by atoms with Gasteiger partial charge in [-0.3, -0.25) is 4.79 Å². The third kappa shape index (κ3) is 3.12. The van der Waals surface area contributed by atoms with Crippen LogP contribution >= 0.6 is 15.9 Å². The van der Waals surface area contributed by atoms with E-state index < -0.39 is 0 Å². The number of aryl methyl sites for hydroxylation is 1. The molecule has 0 aliphatic heterocycles. The van der Waals surface area contributed by atoms with E-state index in [9.17, 15) is 4.79 Å². The zero-order chi connectivity index (χ0) is 10.6. The van der Waals surface area contributed by atoms with Gasteiger partial charge in [-0.2, -0.15) is 0 Å². The molecular formula is C10H12BrNO2. The van der Waals surface area contributed by atoms with E-state index in [2.05, 4.69) is 21.2 Å². The van der Waals surface area contributed by atoms with Crippen LogP contribution in [0.4, 0.5) is 5.69 Å². The molecule has 0 radical (unpaired) electrons. The maximum absolute atomic E-state index is 11.2. The molecule has 1 rings (SSSR count). The second kappa shape index (κ2) is 5.12. The molecule has 4 heteroatoms. The van der Waals surface area contributed by atoms with Gasteiger partial charge in [-0.15, -0.1) is 0 Å². The van der Waals surface area contributed by atoms with Gasteiger partial charge in [0, 0.05) is 10.2 Å². The molecule has 14 heavy (non-hydrogen) atoms. The fraction of sp³-hybridized carbons (Fsp3) is 0.300. The fourth-order valence-electron chi connectivity index (χ4n) is 1.08. The van der Waals surface area contributed by atoms with Gasteiger partial charge in [0.15, 0.2) is 0 Å². The number of anilines is 1. The summed E-state index contributed by atoms with van der Waals surface area (Å²) in [6.45, 7) is 1.79. The SMILES string of the molecule is Cc1cc(Br)ccc1NC(=O)CCO. The predicted molar refractivity (Wildman–Crippen MR) is 59.2 cm³/mol. The number of aliphatic hydroxyl groups excluding tert-OH is 1. The van der Waals surface area contributed by atoms with Gasteiger partial charge in [0.25, 0.3) is 0 Å². The topological polar surface area (TPSA) is 49.3 Å². The number of aliphatic hydroxyl groups is 1. The molecular weight excluding hydrogens is 246 g/mol. The largest absolute Gasteiger partial charge is 0.396 e. The van der Waals surface area contributed by atoms with Crippen molar-refractivity contribution in [1.82, 2.24) is 0 Å². The molecule has 0 saturated heterocycles. The molecule has 0 bridgehead atoms. The summed E-state index contributed by atoms with van der Waals surface area (Å²) < 4.78 is 0.982. The lowest BCUT2D eigenvalue weighted by Crippen LogP contribution is -2.13. The van der Waals surface area contributed by atoms with Crippen molar-refractivity contribution in [2.24, 2.45) is 0 Å². The Morgan fingerprint density at radius 1 is 1.57 bits per heavy atom. The second-order valence-corrected chi connectivity index (χ2v) is 3.90. The summed E-state index contributed by atoms with van der Waals surface area (Å²) in [6.07, 6.45) is 0.134. The Labute approximate surface area is 91.3 Å². The molecule has 1 aromatic carbocycles.